The summed E-state index contributed by atoms with van der Waals surface area (Å²) in [6.07, 6.45) is 5.40. The van der Waals surface area contributed by atoms with Crippen LogP contribution in [0.4, 0.5) is 4.39 Å². The molecule has 0 unspecified atom stereocenters. The van der Waals surface area contributed by atoms with E-state index in [0.717, 1.165) is 18.4 Å². The van der Waals surface area contributed by atoms with Gasteiger partial charge in [-0.1, -0.05) is 32.9 Å². The van der Waals surface area contributed by atoms with Crippen LogP contribution < -0.4 is 5.32 Å². The van der Waals surface area contributed by atoms with Crippen LogP contribution in [0.3, 0.4) is 0 Å². The number of hydrogen-bond acceptors (Lipinski definition) is 1. The monoisotopic (exact) mass is 291 g/mol. The first-order valence-electron chi connectivity index (χ1n) is 8.35. The molecule has 118 valence electrons. The van der Waals surface area contributed by atoms with Gasteiger partial charge in [-0.05, 0) is 74.1 Å². The third-order valence-corrected chi connectivity index (χ3v) is 5.15. The van der Waals surface area contributed by atoms with E-state index in [-0.39, 0.29) is 5.82 Å². The van der Waals surface area contributed by atoms with E-state index >= 15 is 0 Å². The van der Waals surface area contributed by atoms with Crippen molar-refractivity contribution >= 4 is 0 Å². The summed E-state index contributed by atoms with van der Waals surface area (Å²) in [7, 11) is 0. The first-order valence-corrected chi connectivity index (χ1v) is 8.35. The van der Waals surface area contributed by atoms with Gasteiger partial charge in [0.15, 0.2) is 0 Å². The lowest BCUT2D eigenvalue weighted by atomic mass is 9.70. The van der Waals surface area contributed by atoms with Crippen molar-refractivity contribution in [2.24, 2.45) is 17.3 Å². The van der Waals surface area contributed by atoms with Crippen LogP contribution in [0.25, 0.3) is 0 Å². The Morgan fingerprint density at radius 3 is 2.19 bits per heavy atom. The maximum Gasteiger partial charge on any atom is 0.123 e. The number of halogens is 1. The van der Waals surface area contributed by atoms with Crippen molar-refractivity contribution in [3.05, 3.63) is 35.6 Å². The summed E-state index contributed by atoms with van der Waals surface area (Å²) in [4.78, 5) is 0. The molecule has 0 aliphatic heterocycles. The van der Waals surface area contributed by atoms with Crippen molar-refractivity contribution in [3.8, 4) is 0 Å². The molecule has 0 saturated heterocycles. The SMILES string of the molecule is C[C@H](NCC1CCC(C(C)(C)C)CC1)c1ccc(F)cc1. The van der Waals surface area contributed by atoms with Crippen LogP contribution in [0, 0.1) is 23.1 Å². The minimum absolute atomic E-state index is 0.161. The molecule has 2 heteroatoms. The number of rotatable bonds is 4. The van der Waals surface area contributed by atoms with Gasteiger partial charge in [0.05, 0.1) is 0 Å². The fourth-order valence-electron chi connectivity index (χ4n) is 3.45. The molecule has 1 N–H and O–H groups in total. The van der Waals surface area contributed by atoms with E-state index in [1.165, 1.54) is 31.2 Å². The normalized spacial score (nSPS) is 24.8. The Balaban J connectivity index is 1.76. The minimum Gasteiger partial charge on any atom is -0.310 e. The van der Waals surface area contributed by atoms with E-state index in [2.05, 4.69) is 33.0 Å². The van der Waals surface area contributed by atoms with Crippen molar-refractivity contribution in [1.29, 1.82) is 0 Å². The number of benzene rings is 1. The van der Waals surface area contributed by atoms with Crippen LogP contribution >= 0.6 is 0 Å². The Morgan fingerprint density at radius 1 is 1.10 bits per heavy atom. The Bertz CT molecular complexity index is 424. The highest BCUT2D eigenvalue weighted by Gasteiger charge is 2.29. The Labute approximate surface area is 129 Å². The van der Waals surface area contributed by atoms with Crippen LogP contribution in [-0.4, -0.2) is 6.54 Å². The molecule has 0 aromatic heterocycles. The van der Waals surface area contributed by atoms with Crippen LogP contribution in [0.5, 0.6) is 0 Å². The van der Waals surface area contributed by atoms with E-state index in [4.69, 9.17) is 0 Å². The molecule has 1 aliphatic rings. The van der Waals surface area contributed by atoms with E-state index in [1.807, 2.05) is 12.1 Å². The van der Waals surface area contributed by atoms with Crippen molar-refractivity contribution < 1.29 is 4.39 Å². The van der Waals surface area contributed by atoms with Gasteiger partial charge in [-0.2, -0.15) is 0 Å². The Kier molecular flexibility index (Phi) is 5.43. The molecule has 0 radical (unpaired) electrons. The quantitative estimate of drug-likeness (QED) is 0.790. The lowest BCUT2D eigenvalue weighted by Crippen LogP contribution is -2.31. The topological polar surface area (TPSA) is 12.0 Å². The van der Waals surface area contributed by atoms with Crippen molar-refractivity contribution in [1.82, 2.24) is 5.32 Å². The third kappa shape index (κ3) is 4.81. The fourth-order valence-corrected chi connectivity index (χ4v) is 3.45. The molecule has 0 bridgehead atoms. The first kappa shape index (κ1) is 16.5. The zero-order valence-corrected chi connectivity index (χ0v) is 14.0. The van der Waals surface area contributed by atoms with Crippen molar-refractivity contribution in [2.75, 3.05) is 6.54 Å². The highest BCUT2D eigenvalue weighted by molar-refractivity contribution is 5.19. The van der Waals surface area contributed by atoms with Crippen LogP contribution in [-0.2, 0) is 0 Å². The molecule has 1 atom stereocenters. The molecule has 0 amide bonds. The summed E-state index contributed by atoms with van der Waals surface area (Å²) in [6, 6.07) is 7.14. The molecule has 0 spiro atoms. The van der Waals surface area contributed by atoms with Gasteiger partial charge < -0.3 is 5.32 Å². The maximum absolute atomic E-state index is 12.9. The lowest BCUT2D eigenvalue weighted by Gasteiger charge is -2.37. The van der Waals surface area contributed by atoms with Crippen molar-refractivity contribution in [3.63, 3.8) is 0 Å². The van der Waals surface area contributed by atoms with Crippen LogP contribution in [0.1, 0.15) is 65.0 Å². The summed E-state index contributed by atoms with van der Waals surface area (Å²) < 4.78 is 12.9. The molecule has 1 aromatic rings. The molecule has 1 fully saturated rings. The van der Waals surface area contributed by atoms with Gasteiger partial charge in [-0.3, -0.25) is 0 Å². The first-order chi connectivity index (χ1) is 9.86. The highest BCUT2D eigenvalue weighted by atomic mass is 19.1. The van der Waals surface area contributed by atoms with E-state index in [0.29, 0.717) is 11.5 Å². The van der Waals surface area contributed by atoms with E-state index < -0.39 is 0 Å². The average Bonchev–Trinajstić information content (AvgIpc) is 2.45. The molecule has 2 rings (SSSR count). The summed E-state index contributed by atoms with van der Waals surface area (Å²) in [5, 5.41) is 3.62. The van der Waals surface area contributed by atoms with Gasteiger partial charge in [-0.25, -0.2) is 4.39 Å². The summed E-state index contributed by atoms with van der Waals surface area (Å²) >= 11 is 0. The second-order valence-corrected chi connectivity index (χ2v) is 7.77. The number of nitrogens with one attached hydrogen (secondary N) is 1. The standard InChI is InChI=1S/C19H30FN/c1-14(16-7-11-18(20)12-8-16)21-13-15-5-9-17(10-6-15)19(2,3)4/h7-8,11-12,14-15,17,21H,5-6,9-10,13H2,1-4H3/t14-,15?,17?/m0/s1. The van der Waals surface area contributed by atoms with Gasteiger partial charge in [0.1, 0.15) is 5.82 Å². The third-order valence-electron chi connectivity index (χ3n) is 5.15. The molecule has 1 aromatic carbocycles. The minimum atomic E-state index is -0.161. The predicted molar refractivity (Wildman–Crippen MR) is 87.7 cm³/mol. The van der Waals surface area contributed by atoms with Gasteiger partial charge in [0, 0.05) is 6.04 Å². The Morgan fingerprint density at radius 2 is 1.67 bits per heavy atom. The predicted octanol–water partition coefficient (Wildman–Crippen LogP) is 5.33. The van der Waals surface area contributed by atoms with Crippen LogP contribution in [0.2, 0.25) is 0 Å². The molecular weight excluding hydrogens is 261 g/mol. The molecule has 1 nitrogen and oxygen atoms in total. The lowest BCUT2D eigenvalue weighted by molar-refractivity contribution is 0.148. The maximum atomic E-state index is 12.9. The zero-order chi connectivity index (χ0) is 15.5. The van der Waals surface area contributed by atoms with Gasteiger partial charge >= 0.3 is 0 Å². The van der Waals surface area contributed by atoms with Gasteiger partial charge in [-0.15, -0.1) is 0 Å². The summed E-state index contributed by atoms with van der Waals surface area (Å²) in [6.45, 7) is 10.3. The summed E-state index contributed by atoms with van der Waals surface area (Å²) in [5.74, 6) is 1.52. The van der Waals surface area contributed by atoms with Crippen molar-refractivity contribution in [2.45, 2.75) is 59.4 Å². The molecule has 21 heavy (non-hydrogen) atoms. The number of hydrogen-bond donors (Lipinski definition) is 1. The average molecular weight is 291 g/mol. The molecule has 1 aliphatic carbocycles. The summed E-state index contributed by atoms with van der Waals surface area (Å²) in [5.41, 5.74) is 1.62. The van der Waals surface area contributed by atoms with E-state index in [9.17, 15) is 4.39 Å². The Hall–Kier alpha value is -0.890. The molecule has 0 heterocycles. The second-order valence-electron chi connectivity index (χ2n) is 7.77. The second kappa shape index (κ2) is 6.91. The van der Waals surface area contributed by atoms with Gasteiger partial charge in [0.25, 0.3) is 0 Å². The van der Waals surface area contributed by atoms with E-state index in [1.54, 1.807) is 12.1 Å². The smallest absolute Gasteiger partial charge is 0.123 e. The highest BCUT2D eigenvalue weighted by Crippen LogP contribution is 2.39. The van der Waals surface area contributed by atoms with Crippen LogP contribution in [0.15, 0.2) is 24.3 Å². The zero-order valence-electron chi connectivity index (χ0n) is 14.0. The fraction of sp³-hybridized carbons (Fsp3) is 0.684. The molecule has 1 saturated carbocycles. The molecular formula is C19H30FN. The largest absolute Gasteiger partial charge is 0.310 e. The van der Waals surface area contributed by atoms with Gasteiger partial charge in [0.2, 0.25) is 0 Å².